The second-order valence-electron chi connectivity index (χ2n) is 6.38. The number of aromatic nitrogens is 1. The number of nitrogens with one attached hydrogen (secondary N) is 1. The molecule has 0 radical (unpaired) electrons. The number of rotatable bonds is 3. The molecule has 24 heavy (non-hydrogen) atoms. The van der Waals surface area contributed by atoms with E-state index >= 15 is 0 Å². The molecule has 0 aliphatic heterocycles. The third-order valence-corrected chi connectivity index (χ3v) is 4.91. The van der Waals surface area contributed by atoms with Gasteiger partial charge in [0.15, 0.2) is 5.96 Å². The average molecular weight is 343 g/mol. The number of halogens is 1. The van der Waals surface area contributed by atoms with Gasteiger partial charge < -0.3 is 11.1 Å². The van der Waals surface area contributed by atoms with Crippen LogP contribution in [0.2, 0.25) is 5.02 Å². The summed E-state index contributed by atoms with van der Waals surface area (Å²) in [5.74, 6) is 1.06. The van der Waals surface area contributed by atoms with E-state index in [-0.39, 0.29) is 6.04 Å². The molecule has 1 aliphatic rings. The van der Waals surface area contributed by atoms with Gasteiger partial charge in [0.25, 0.3) is 0 Å². The number of guanidine groups is 1. The molecule has 1 saturated carbocycles. The number of anilines is 1. The van der Waals surface area contributed by atoms with Gasteiger partial charge in [-0.25, -0.2) is 4.99 Å². The van der Waals surface area contributed by atoms with Crippen molar-refractivity contribution >= 4 is 23.2 Å². The van der Waals surface area contributed by atoms with Gasteiger partial charge >= 0.3 is 0 Å². The van der Waals surface area contributed by atoms with Crippen LogP contribution in [0.1, 0.15) is 42.7 Å². The minimum absolute atomic E-state index is 0.290. The van der Waals surface area contributed by atoms with Gasteiger partial charge in [0.2, 0.25) is 0 Å². The largest absolute Gasteiger partial charge is 0.370 e. The molecule has 5 heteroatoms. The Bertz CT molecular complexity index is 704. The van der Waals surface area contributed by atoms with Gasteiger partial charge in [-0.1, -0.05) is 11.6 Å². The van der Waals surface area contributed by atoms with Crippen LogP contribution in [0.5, 0.6) is 0 Å². The van der Waals surface area contributed by atoms with Crippen LogP contribution in [0.25, 0.3) is 0 Å². The number of aliphatic imine (C=N–C) groups is 1. The quantitative estimate of drug-likeness (QED) is 0.637. The highest BCUT2D eigenvalue weighted by Gasteiger charge is 2.23. The van der Waals surface area contributed by atoms with Crippen molar-refractivity contribution in [1.82, 2.24) is 4.98 Å². The highest BCUT2D eigenvalue weighted by Crippen LogP contribution is 2.35. The number of aryl methyl sites for hydroxylation is 1. The van der Waals surface area contributed by atoms with E-state index in [4.69, 9.17) is 17.3 Å². The summed E-state index contributed by atoms with van der Waals surface area (Å²) in [6.07, 6.45) is 8.26. The molecular weight excluding hydrogens is 320 g/mol. The van der Waals surface area contributed by atoms with E-state index < -0.39 is 0 Å². The SMILES string of the molecule is Cc1ccncc1C1CCC(N=C(N)Nc2ccc(Cl)cc2)CC1. The Kier molecular flexibility index (Phi) is 5.36. The molecule has 3 rings (SSSR count). The highest BCUT2D eigenvalue weighted by molar-refractivity contribution is 6.30. The first-order chi connectivity index (χ1) is 11.6. The third kappa shape index (κ3) is 4.26. The van der Waals surface area contributed by atoms with Crippen molar-refractivity contribution in [1.29, 1.82) is 0 Å². The Hall–Kier alpha value is -2.07. The van der Waals surface area contributed by atoms with Crippen molar-refractivity contribution < 1.29 is 0 Å². The summed E-state index contributed by atoms with van der Waals surface area (Å²) < 4.78 is 0. The van der Waals surface area contributed by atoms with Crippen LogP contribution in [0.3, 0.4) is 0 Å². The van der Waals surface area contributed by atoms with Crippen molar-refractivity contribution in [2.45, 2.75) is 44.6 Å². The second kappa shape index (κ2) is 7.67. The molecule has 126 valence electrons. The molecule has 0 bridgehead atoms. The normalized spacial score (nSPS) is 21.5. The van der Waals surface area contributed by atoms with Gasteiger partial charge in [0.1, 0.15) is 0 Å². The molecule has 4 nitrogen and oxygen atoms in total. The molecule has 0 saturated heterocycles. The van der Waals surface area contributed by atoms with E-state index in [0.29, 0.717) is 16.9 Å². The maximum atomic E-state index is 6.04. The van der Waals surface area contributed by atoms with Crippen molar-refractivity contribution in [3.63, 3.8) is 0 Å². The van der Waals surface area contributed by atoms with Crippen LogP contribution in [-0.2, 0) is 0 Å². The Morgan fingerprint density at radius 1 is 1.17 bits per heavy atom. The minimum Gasteiger partial charge on any atom is -0.370 e. The van der Waals surface area contributed by atoms with Gasteiger partial charge in [0.05, 0.1) is 6.04 Å². The van der Waals surface area contributed by atoms with Crippen LogP contribution in [0.15, 0.2) is 47.7 Å². The van der Waals surface area contributed by atoms with Gasteiger partial charge in [-0.3, -0.25) is 4.98 Å². The number of hydrogen-bond acceptors (Lipinski definition) is 2. The Labute approximate surface area is 148 Å². The molecule has 0 amide bonds. The lowest BCUT2D eigenvalue weighted by atomic mass is 9.81. The molecule has 0 spiro atoms. The lowest BCUT2D eigenvalue weighted by molar-refractivity contribution is 0.395. The Morgan fingerprint density at radius 2 is 1.88 bits per heavy atom. The fraction of sp³-hybridized carbons (Fsp3) is 0.368. The third-order valence-electron chi connectivity index (χ3n) is 4.65. The fourth-order valence-corrected chi connectivity index (χ4v) is 3.46. The lowest BCUT2D eigenvalue weighted by Gasteiger charge is -2.27. The highest BCUT2D eigenvalue weighted by atomic mass is 35.5. The van der Waals surface area contributed by atoms with Gasteiger partial charge in [0, 0.05) is 23.1 Å². The van der Waals surface area contributed by atoms with Crippen molar-refractivity contribution in [3.05, 3.63) is 58.9 Å². The van der Waals surface area contributed by atoms with Crippen LogP contribution in [-0.4, -0.2) is 17.0 Å². The van der Waals surface area contributed by atoms with E-state index in [1.807, 2.05) is 36.7 Å². The number of nitrogens with two attached hydrogens (primary N) is 1. The molecule has 1 aromatic carbocycles. The van der Waals surface area contributed by atoms with Crippen LogP contribution in [0, 0.1) is 6.92 Å². The van der Waals surface area contributed by atoms with E-state index in [1.165, 1.54) is 11.1 Å². The fourth-order valence-electron chi connectivity index (χ4n) is 3.33. The van der Waals surface area contributed by atoms with Crippen LogP contribution >= 0.6 is 11.6 Å². The monoisotopic (exact) mass is 342 g/mol. The number of hydrogen-bond donors (Lipinski definition) is 2. The van der Waals surface area contributed by atoms with Crippen molar-refractivity contribution in [2.24, 2.45) is 10.7 Å². The summed E-state index contributed by atoms with van der Waals surface area (Å²) in [6, 6.07) is 9.84. The number of pyridine rings is 1. The Morgan fingerprint density at radius 3 is 2.54 bits per heavy atom. The zero-order valence-electron chi connectivity index (χ0n) is 13.9. The van der Waals surface area contributed by atoms with Gasteiger partial charge in [-0.2, -0.15) is 0 Å². The maximum Gasteiger partial charge on any atom is 0.193 e. The molecule has 1 aliphatic carbocycles. The van der Waals surface area contributed by atoms with E-state index in [2.05, 4.69) is 28.3 Å². The van der Waals surface area contributed by atoms with E-state index in [9.17, 15) is 0 Å². The van der Waals surface area contributed by atoms with Gasteiger partial charge in [-0.05, 0) is 80.0 Å². The zero-order valence-corrected chi connectivity index (χ0v) is 14.6. The molecule has 0 unspecified atom stereocenters. The Balaban J connectivity index is 1.56. The summed E-state index contributed by atoms with van der Waals surface area (Å²) in [5, 5.41) is 3.84. The summed E-state index contributed by atoms with van der Waals surface area (Å²) in [7, 11) is 0. The maximum absolute atomic E-state index is 6.04. The topological polar surface area (TPSA) is 63.3 Å². The average Bonchev–Trinajstić information content (AvgIpc) is 2.58. The summed E-state index contributed by atoms with van der Waals surface area (Å²) in [6.45, 7) is 2.16. The van der Waals surface area contributed by atoms with Crippen molar-refractivity contribution in [2.75, 3.05) is 5.32 Å². The van der Waals surface area contributed by atoms with Crippen molar-refractivity contribution in [3.8, 4) is 0 Å². The first-order valence-corrected chi connectivity index (χ1v) is 8.76. The molecule has 1 fully saturated rings. The predicted octanol–water partition coefficient (Wildman–Crippen LogP) is 4.50. The lowest BCUT2D eigenvalue weighted by Crippen LogP contribution is -2.27. The summed E-state index contributed by atoms with van der Waals surface area (Å²) in [4.78, 5) is 8.91. The molecule has 3 N–H and O–H groups in total. The zero-order chi connectivity index (χ0) is 16.9. The molecule has 0 atom stereocenters. The molecular formula is C19H23ClN4. The van der Waals surface area contributed by atoms with Crippen LogP contribution in [0.4, 0.5) is 5.69 Å². The standard InChI is InChI=1S/C19H23ClN4/c1-13-10-11-22-12-18(13)14-2-6-16(7-3-14)23-19(21)24-17-8-4-15(20)5-9-17/h4-5,8-12,14,16H,2-3,6-7H2,1H3,(H3,21,23,24). The number of nitrogens with zero attached hydrogens (tertiary/aromatic N) is 2. The second-order valence-corrected chi connectivity index (χ2v) is 6.82. The molecule has 1 aromatic heterocycles. The molecule has 1 heterocycles. The first-order valence-electron chi connectivity index (χ1n) is 8.38. The number of benzene rings is 1. The summed E-state index contributed by atoms with van der Waals surface area (Å²) >= 11 is 5.89. The van der Waals surface area contributed by atoms with E-state index in [1.54, 1.807) is 0 Å². The first kappa shape index (κ1) is 16.8. The molecule has 2 aromatic rings. The summed E-state index contributed by atoms with van der Waals surface area (Å²) in [5.41, 5.74) is 9.66. The predicted molar refractivity (Wildman–Crippen MR) is 101 cm³/mol. The van der Waals surface area contributed by atoms with Crippen LogP contribution < -0.4 is 11.1 Å². The van der Waals surface area contributed by atoms with E-state index in [0.717, 1.165) is 31.4 Å². The van der Waals surface area contributed by atoms with Gasteiger partial charge in [-0.15, -0.1) is 0 Å². The minimum atomic E-state index is 0.290. The smallest absolute Gasteiger partial charge is 0.193 e.